The summed E-state index contributed by atoms with van der Waals surface area (Å²) in [6.07, 6.45) is 20.4. The Balaban J connectivity index is 1.85. The molecule has 2 heteroatoms. The summed E-state index contributed by atoms with van der Waals surface area (Å²) in [5.41, 5.74) is 0. The average Bonchev–Trinajstić information content (AvgIpc) is 2.59. The zero-order valence-electron chi connectivity index (χ0n) is 15.0. The fourth-order valence-electron chi connectivity index (χ4n) is 3.47. The van der Waals surface area contributed by atoms with Crippen LogP contribution in [0.15, 0.2) is 0 Å². The van der Waals surface area contributed by atoms with Crippen molar-refractivity contribution in [1.29, 1.82) is 0 Å². The second kappa shape index (κ2) is 15.5. The minimum Gasteiger partial charge on any atom is -0.380 e. The maximum Gasteiger partial charge on any atom is 0.117 e. The number of rotatable bonds is 12. The van der Waals surface area contributed by atoms with Gasteiger partial charge in [0.05, 0.1) is 0 Å². The first-order valence-electron chi connectivity index (χ1n) is 10.1. The highest BCUT2D eigenvalue weighted by Crippen LogP contribution is 2.26. The van der Waals surface area contributed by atoms with E-state index in [1.54, 1.807) is 0 Å². The smallest absolute Gasteiger partial charge is 0.117 e. The zero-order valence-corrected chi connectivity index (χ0v) is 16.6. The molecule has 1 fully saturated rings. The summed E-state index contributed by atoms with van der Waals surface area (Å²) in [5.74, 6) is 6.75. The Hall–Kier alpha value is 0. The van der Waals surface area contributed by atoms with E-state index >= 15 is 0 Å². The molecule has 0 aromatic carbocycles. The Morgan fingerprint density at radius 1 is 0.783 bits per heavy atom. The van der Waals surface area contributed by atoms with Crippen LogP contribution in [0.3, 0.4) is 0 Å². The molecule has 1 saturated carbocycles. The predicted molar refractivity (Wildman–Crippen MR) is 105 cm³/mol. The number of aliphatic hydroxyl groups is 1. The number of aliphatic hydroxyl groups excluding tert-OH is 1. The van der Waals surface area contributed by atoms with Crippen LogP contribution in [0.2, 0.25) is 0 Å². The molecule has 1 aliphatic rings. The second-order valence-corrected chi connectivity index (χ2v) is 7.93. The first kappa shape index (κ1) is 21.0. The topological polar surface area (TPSA) is 20.2 Å². The van der Waals surface area contributed by atoms with Crippen molar-refractivity contribution in [3.8, 4) is 11.8 Å². The van der Waals surface area contributed by atoms with Gasteiger partial charge < -0.3 is 5.11 Å². The molecular formula is C21H37BrO. The summed E-state index contributed by atoms with van der Waals surface area (Å²) in [4.78, 5) is 0. The molecule has 1 N–H and O–H groups in total. The Kier molecular flexibility index (Phi) is 14.2. The van der Waals surface area contributed by atoms with E-state index in [4.69, 9.17) is 0 Å². The minimum atomic E-state index is -0.361. The molecule has 1 atom stereocenters. The summed E-state index contributed by atoms with van der Waals surface area (Å²) in [7, 11) is 0. The number of unbranched alkanes of at least 4 members (excludes halogenated alkanes) is 10. The van der Waals surface area contributed by atoms with Gasteiger partial charge >= 0.3 is 0 Å². The molecule has 134 valence electrons. The average molecular weight is 385 g/mol. The molecule has 23 heavy (non-hydrogen) atoms. The largest absolute Gasteiger partial charge is 0.380 e. The third-order valence-electron chi connectivity index (χ3n) is 5.03. The van der Waals surface area contributed by atoms with Crippen molar-refractivity contribution < 1.29 is 5.11 Å². The highest BCUT2D eigenvalue weighted by atomic mass is 79.9. The highest BCUT2D eigenvalue weighted by molar-refractivity contribution is 9.09. The quantitative estimate of drug-likeness (QED) is 0.227. The van der Waals surface area contributed by atoms with Crippen molar-refractivity contribution in [1.82, 2.24) is 0 Å². The van der Waals surface area contributed by atoms with Gasteiger partial charge in [-0.25, -0.2) is 0 Å². The van der Waals surface area contributed by atoms with Crippen LogP contribution < -0.4 is 0 Å². The van der Waals surface area contributed by atoms with Crippen LogP contribution in [0, 0.1) is 17.8 Å². The van der Waals surface area contributed by atoms with Crippen molar-refractivity contribution in [2.75, 3.05) is 5.33 Å². The molecule has 0 unspecified atom stereocenters. The van der Waals surface area contributed by atoms with Crippen molar-refractivity contribution in [3.05, 3.63) is 0 Å². The molecule has 0 heterocycles. The Morgan fingerprint density at radius 3 is 1.87 bits per heavy atom. The maximum atomic E-state index is 10.1. The van der Waals surface area contributed by atoms with Gasteiger partial charge in [0.1, 0.15) is 6.10 Å². The number of halogens is 1. The van der Waals surface area contributed by atoms with Crippen LogP contribution in [0.4, 0.5) is 0 Å². The molecule has 0 radical (unpaired) electrons. The van der Waals surface area contributed by atoms with E-state index in [-0.39, 0.29) is 6.10 Å². The van der Waals surface area contributed by atoms with Gasteiger partial charge in [0.2, 0.25) is 0 Å². The Labute approximate surface area is 153 Å². The van der Waals surface area contributed by atoms with Crippen molar-refractivity contribution in [2.45, 2.75) is 109 Å². The van der Waals surface area contributed by atoms with E-state index in [0.717, 1.165) is 11.8 Å². The van der Waals surface area contributed by atoms with Gasteiger partial charge in [-0.05, 0) is 31.6 Å². The van der Waals surface area contributed by atoms with Crippen LogP contribution in [-0.2, 0) is 0 Å². The molecule has 0 aromatic rings. The summed E-state index contributed by atoms with van der Waals surface area (Å²) in [5, 5.41) is 11.2. The summed E-state index contributed by atoms with van der Waals surface area (Å²) < 4.78 is 0. The molecule has 1 nitrogen and oxygen atoms in total. The lowest BCUT2D eigenvalue weighted by Gasteiger charge is -2.23. The van der Waals surface area contributed by atoms with Crippen LogP contribution in [0.25, 0.3) is 0 Å². The Morgan fingerprint density at radius 2 is 1.30 bits per heavy atom. The van der Waals surface area contributed by atoms with Crippen LogP contribution in [0.5, 0.6) is 0 Å². The highest BCUT2D eigenvalue weighted by Gasteiger charge is 2.19. The van der Waals surface area contributed by atoms with Crippen LogP contribution in [0.1, 0.15) is 103 Å². The van der Waals surface area contributed by atoms with Gasteiger partial charge in [0.25, 0.3) is 0 Å². The Bertz CT molecular complexity index is 312. The third-order valence-corrected chi connectivity index (χ3v) is 5.59. The van der Waals surface area contributed by atoms with E-state index in [1.807, 2.05) is 0 Å². The summed E-state index contributed by atoms with van der Waals surface area (Å²) in [6.45, 7) is 0. The monoisotopic (exact) mass is 384 g/mol. The molecule has 0 spiro atoms. The van der Waals surface area contributed by atoms with Gasteiger partial charge in [-0.3, -0.25) is 0 Å². The van der Waals surface area contributed by atoms with Crippen LogP contribution >= 0.6 is 15.9 Å². The lowest BCUT2D eigenvalue weighted by Crippen LogP contribution is -2.21. The summed E-state index contributed by atoms with van der Waals surface area (Å²) in [6, 6.07) is 0. The fourth-order valence-corrected chi connectivity index (χ4v) is 3.86. The molecule has 1 aliphatic carbocycles. The van der Waals surface area contributed by atoms with Gasteiger partial charge in [0.15, 0.2) is 0 Å². The molecule has 0 aliphatic heterocycles. The van der Waals surface area contributed by atoms with E-state index in [1.165, 1.54) is 96.3 Å². The molecule has 0 aromatic heterocycles. The predicted octanol–water partition coefficient (Wildman–Crippen LogP) is 6.62. The van der Waals surface area contributed by atoms with Crippen molar-refractivity contribution >= 4 is 15.9 Å². The molecule has 0 bridgehead atoms. The number of hydrogen-bond donors (Lipinski definition) is 1. The molecular weight excluding hydrogens is 348 g/mol. The first-order valence-corrected chi connectivity index (χ1v) is 11.2. The third kappa shape index (κ3) is 12.1. The van der Waals surface area contributed by atoms with Gasteiger partial charge in [-0.2, -0.15) is 0 Å². The first-order chi connectivity index (χ1) is 11.3. The standard InChI is InChI=1S/C21H37BrO/c22-19-15-10-8-6-4-2-1-3-5-7-9-14-18-21(23)20-16-12-11-13-17-20/h20-21,23H,1-13,15-17,19H2/t21-/m1/s1. The van der Waals surface area contributed by atoms with E-state index < -0.39 is 0 Å². The van der Waals surface area contributed by atoms with Crippen molar-refractivity contribution in [3.63, 3.8) is 0 Å². The minimum absolute atomic E-state index is 0.361. The lowest BCUT2D eigenvalue weighted by atomic mass is 9.85. The number of hydrogen-bond acceptors (Lipinski definition) is 1. The van der Waals surface area contributed by atoms with Gasteiger partial charge in [0, 0.05) is 11.8 Å². The zero-order chi connectivity index (χ0) is 16.6. The number of alkyl halides is 1. The van der Waals surface area contributed by atoms with Gasteiger partial charge in [-0.15, -0.1) is 5.92 Å². The van der Waals surface area contributed by atoms with E-state index in [2.05, 4.69) is 27.8 Å². The van der Waals surface area contributed by atoms with Crippen molar-refractivity contribution in [2.24, 2.45) is 5.92 Å². The maximum absolute atomic E-state index is 10.1. The SMILES string of the molecule is O[C@H](C#CCCCCCCCCCCCCBr)C1CCCCC1. The lowest BCUT2D eigenvalue weighted by molar-refractivity contribution is 0.133. The van der Waals surface area contributed by atoms with Gasteiger partial charge in [-0.1, -0.05) is 92.5 Å². The summed E-state index contributed by atoms with van der Waals surface area (Å²) >= 11 is 3.48. The molecule has 1 rings (SSSR count). The second-order valence-electron chi connectivity index (χ2n) is 7.14. The molecule has 0 amide bonds. The van der Waals surface area contributed by atoms with E-state index in [9.17, 15) is 5.11 Å². The molecule has 0 saturated heterocycles. The van der Waals surface area contributed by atoms with E-state index in [0.29, 0.717) is 5.92 Å². The fraction of sp³-hybridized carbons (Fsp3) is 0.905. The normalized spacial score (nSPS) is 16.8. The van der Waals surface area contributed by atoms with Crippen LogP contribution in [-0.4, -0.2) is 16.5 Å².